The molecule has 2 aromatic carbocycles. The van der Waals surface area contributed by atoms with Crippen LogP contribution in [0.4, 0.5) is 16.0 Å². The smallest absolute Gasteiger partial charge is 0.243 e. The van der Waals surface area contributed by atoms with Crippen molar-refractivity contribution in [3.8, 4) is 22.1 Å². The number of thiophene rings is 1. The molecule has 0 aliphatic rings. The first-order valence-electron chi connectivity index (χ1n) is 10.4. The largest absolute Gasteiger partial charge is 0.495 e. The van der Waals surface area contributed by atoms with Crippen molar-refractivity contribution in [2.24, 2.45) is 0 Å². The molecule has 1 N–H and O–H groups in total. The Morgan fingerprint density at radius 2 is 1.88 bits per heavy atom. The molecule has 4 rings (SSSR count). The summed E-state index contributed by atoms with van der Waals surface area (Å²) in [5.41, 5.74) is 2.21. The minimum atomic E-state index is -3.79. The average Bonchev–Trinajstić information content (AvgIpc) is 3.48. The van der Waals surface area contributed by atoms with Gasteiger partial charge in [-0.1, -0.05) is 18.2 Å². The van der Waals surface area contributed by atoms with Gasteiger partial charge in [-0.25, -0.2) is 12.8 Å². The second-order valence-corrected chi connectivity index (χ2v) is 10.5. The van der Waals surface area contributed by atoms with Crippen LogP contribution >= 0.6 is 11.3 Å². The molecule has 0 aliphatic heterocycles. The Kier molecular flexibility index (Phi) is 6.85. The van der Waals surface area contributed by atoms with E-state index in [1.807, 2.05) is 54.7 Å². The maximum atomic E-state index is 13.2. The lowest BCUT2D eigenvalue weighted by atomic mass is 10.2. The van der Waals surface area contributed by atoms with E-state index in [2.05, 4.69) is 14.9 Å². The molecule has 0 unspecified atom stereocenters. The first-order chi connectivity index (χ1) is 16.3. The fraction of sp³-hybridized carbons (Fsp3) is 0.217. The third-order valence-corrected chi connectivity index (χ3v) is 7.24. The van der Waals surface area contributed by atoms with Crippen LogP contribution in [-0.4, -0.2) is 50.1 Å². The molecule has 0 bridgehead atoms. The summed E-state index contributed by atoms with van der Waals surface area (Å²) < 4.78 is 48.8. The van der Waals surface area contributed by atoms with Gasteiger partial charge in [0.15, 0.2) is 5.82 Å². The third-order valence-electron chi connectivity index (χ3n) is 5.14. The Morgan fingerprint density at radius 1 is 1.12 bits per heavy atom. The molecule has 0 radical (unpaired) electrons. The number of hydrogen-bond donors (Lipinski definition) is 1. The fourth-order valence-electron chi connectivity index (χ4n) is 3.37. The molecule has 0 atom stereocenters. The van der Waals surface area contributed by atoms with Crippen LogP contribution in [0.25, 0.3) is 16.4 Å². The SMILES string of the molecule is COc1ccc(N(C)C)cc1-n1c(NS(=O)(=O)CCc2ccc(F)cc2)nnc1-c1cccs1. The molecule has 2 heterocycles. The quantitative estimate of drug-likeness (QED) is 0.370. The van der Waals surface area contributed by atoms with Crippen LogP contribution in [0.1, 0.15) is 5.56 Å². The van der Waals surface area contributed by atoms with Gasteiger partial charge in [-0.15, -0.1) is 21.5 Å². The molecule has 0 aliphatic carbocycles. The zero-order chi connectivity index (χ0) is 24.3. The average molecular weight is 502 g/mol. The maximum Gasteiger partial charge on any atom is 0.243 e. The highest BCUT2D eigenvalue weighted by Gasteiger charge is 2.23. The van der Waals surface area contributed by atoms with Gasteiger partial charge in [-0.2, -0.15) is 0 Å². The summed E-state index contributed by atoms with van der Waals surface area (Å²) in [5.74, 6) is 0.509. The molecule has 8 nitrogen and oxygen atoms in total. The molecule has 178 valence electrons. The summed E-state index contributed by atoms with van der Waals surface area (Å²) in [4.78, 5) is 2.76. The summed E-state index contributed by atoms with van der Waals surface area (Å²) in [6, 6.07) is 15.1. The van der Waals surface area contributed by atoms with Gasteiger partial charge in [0.1, 0.15) is 11.6 Å². The lowest BCUT2D eigenvalue weighted by Gasteiger charge is -2.18. The lowest BCUT2D eigenvalue weighted by molar-refractivity contribution is 0.413. The Bertz CT molecular complexity index is 1370. The van der Waals surface area contributed by atoms with Gasteiger partial charge in [0.05, 0.1) is 23.4 Å². The summed E-state index contributed by atoms with van der Waals surface area (Å²) in [6.07, 6.45) is 0.223. The van der Waals surface area contributed by atoms with Crippen LogP contribution < -0.4 is 14.4 Å². The Balaban J connectivity index is 1.73. The van der Waals surface area contributed by atoms with Crippen LogP contribution in [0, 0.1) is 5.82 Å². The topological polar surface area (TPSA) is 89.4 Å². The van der Waals surface area contributed by atoms with Gasteiger partial charge in [-0.3, -0.25) is 9.29 Å². The van der Waals surface area contributed by atoms with Crippen molar-refractivity contribution in [1.82, 2.24) is 14.8 Å². The Labute approximate surface area is 201 Å². The van der Waals surface area contributed by atoms with Crippen molar-refractivity contribution in [2.45, 2.75) is 6.42 Å². The van der Waals surface area contributed by atoms with Gasteiger partial charge in [0.25, 0.3) is 0 Å². The van der Waals surface area contributed by atoms with Crippen LogP contribution in [-0.2, 0) is 16.4 Å². The first kappa shape index (κ1) is 23.7. The van der Waals surface area contributed by atoms with Gasteiger partial charge in [-0.05, 0) is 53.8 Å². The van der Waals surface area contributed by atoms with E-state index in [-0.39, 0.29) is 23.9 Å². The van der Waals surface area contributed by atoms with Crippen molar-refractivity contribution in [3.63, 3.8) is 0 Å². The van der Waals surface area contributed by atoms with Crippen LogP contribution in [0.3, 0.4) is 0 Å². The molecule has 0 fully saturated rings. The second kappa shape index (κ2) is 9.82. The van der Waals surface area contributed by atoms with Crippen molar-refractivity contribution < 1.29 is 17.5 Å². The van der Waals surface area contributed by atoms with E-state index in [1.54, 1.807) is 23.8 Å². The number of sulfonamides is 1. The molecule has 0 spiro atoms. The fourth-order valence-corrected chi connectivity index (χ4v) is 5.08. The van der Waals surface area contributed by atoms with Crippen LogP contribution in [0.15, 0.2) is 60.0 Å². The van der Waals surface area contributed by atoms with E-state index in [9.17, 15) is 12.8 Å². The molecule has 0 saturated heterocycles. The zero-order valence-electron chi connectivity index (χ0n) is 18.9. The zero-order valence-corrected chi connectivity index (χ0v) is 20.5. The number of aryl methyl sites for hydroxylation is 1. The van der Waals surface area contributed by atoms with Gasteiger partial charge >= 0.3 is 0 Å². The lowest BCUT2D eigenvalue weighted by Crippen LogP contribution is -2.21. The van der Waals surface area contributed by atoms with Gasteiger partial charge in [0.2, 0.25) is 16.0 Å². The number of rotatable bonds is 9. The highest BCUT2D eigenvalue weighted by atomic mass is 32.2. The van der Waals surface area contributed by atoms with E-state index in [0.29, 0.717) is 22.8 Å². The molecular weight excluding hydrogens is 477 g/mol. The Hall–Kier alpha value is -3.44. The van der Waals surface area contributed by atoms with E-state index >= 15 is 0 Å². The molecular formula is C23H24FN5O3S2. The molecule has 11 heteroatoms. The number of anilines is 2. The van der Waals surface area contributed by atoms with Crippen molar-refractivity contribution in [3.05, 3.63) is 71.4 Å². The van der Waals surface area contributed by atoms with E-state index in [0.717, 1.165) is 10.6 Å². The number of aromatic nitrogens is 3. The molecule has 0 amide bonds. The third kappa shape index (κ3) is 5.20. The van der Waals surface area contributed by atoms with E-state index < -0.39 is 10.0 Å². The van der Waals surface area contributed by atoms with Crippen LogP contribution in [0.2, 0.25) is 0 Å². The molecule has 2 aromatic heterocycles. The Morgan fingerprint density at radius 3 is 2.53 bits per heavy atom. The predicted octanol–water partition coefficient (Wildman–Crippen LogP) is 4.19. The summed E-state index contributed by atoms with van der Waals surface area (Å²) in [6.45, 7) is 0. The van der Waals surface area contributed by atoms with E-state index in [1.165, 1.54) is 23.5 Å². The maximum absolute atomic E-state index is 13.2. The number of benzene rings is 2. The monoisotopic (exact) mass is 501 g/mol. The number of nitrogens with zero attached hydrogens (tertiary/aromatic N) is 4. The standard InChI is InChI=1S/C23H24FN5O3S2/c1-28(2)18-10-11-20(32-3)19(15-18)29-22(21-5-4-13-33-21)25-26-23(29)27-34(30,31)14-12-16-6-8-17(24)9-7-16/h4-11,13,15H,12,14H2,1-3H3,(H,26,27). The van der Waals surface area contributed by atoms with Crippen molar-refractivity contribution in [2.75, 3.05) is 36.6 Å². The van der Waals surface area contributed by atoms with Crippen molar-refractivity contribution >= 4 is 33.0 Å². The summed E-state index contributed by atoms with van der Waals surface area (Å²) in [7, 11) is 1.59. The number of methoxy groups -OCH3 is 1. The first-order valence-corrected chi connectivity index (χ1v) is 12.9. The molecule has 4 aromatic rings. The van der Waals surface area contributed by atoms with Crippen LogP contribution in [0.5, 0.6) is 5.75 Å². The van der Waals surface area contributed by atoms with Crippen molar-refractivity contribution in [1.29, 1.82) is 0 Å². The number of ether oxygens (including phenoxy) is 1. The second-order valence-electron chi connectivity index (χ2n) is 7.71. The minimum absolute atomic E-state index is 0.0525. The highest BCUT2D eigenvalue weighted by Crippen LogP contribution is 2.35. The van der Waals surface area contributed by atoms with Gasteiger partial charge < -0.3 is 9.64 Å². The van der Waals surface area contributed by atoms with Gasteiger partial charge in [0, 0.05) is 19.8 Å². The van der Waals surface area contributed by atoms with E-state index in [4.69, 9.17) is 4.74 Å². The predicted molar refractivity (Wildman–Crippen MR) is 133 cm³/mol. The molecule has 34 heavy (non-hydrogen) atoms. The normalized spacial score (nSPS) is 11.4. The minimum Gasteiger partial charge on any atom is -0.495 e. The number of nitrogens with one attached hydrogen (secondary N) is 1. The summed E-state index contributed by atoms with van der Waals surface area (Å²) >= 11 is 1.47. The number of halogens is 1. The highest BCUT2D eigenvalue weighted by molar-refractivity contribution is 7.92. The number of hydrogen-bond acceptors (Lipinski definition) is 7. The summed E-state index contributed by atoms with van der Waals surface area (Å²) in [5, 5.41) is 10.4. The molecule has 0 saturated carbocycles.